The van der Waals surface area contributed by atoms with Crippen molar-refractivity contribution >= 4 is 17.3 Å². The average Bonchev–Trinajstić information content (AvgIpc) is 2.82. The lowest BCUT2D eigenvalue weighted by Gasteiger charge is -2.06. The Hall–Kier alpha value is -1.43. The summed E-state index contributed by atoms with van der Waals surface area (Å²) in [5, 5.41) is 12.7. The van der Waals surface area contributed by atoms with E-state index >= 15 is 0 Å². The minimum Gasteiger partial charge on any atom is -0.355 e. The van der Waals surface area contributed by atoms with Gasteiger partial charge in [0.05, 0.1) is 15.6 Å². The summed E-state index contributed by atoms with van der Waals surface area (Å²) in [5.74, 6) is 1.74. The van der Waals surface area contributed by atoms with Crippen LogP contribution in [0.2, 0.25) is 0 Å². The van der Waals surface area contributed by atoms with Crippen LogP contribution >= 0.6 is 11.3 Å². The Morgan fingerprint density at radius 2 is 2.00 bits per heavy atom. The van der Waals surface area contributed by atoms with Crippen molar-refractivity contribution in [1.29, 1.82) is 0 Å². The van der Waals surface area contributed by atoms with Crippen LogP contribution in [0.25, 0.3) is 10.7 Å². The summed E-state index contributed by atoms with van der Waals surface area (Å²) >= 11 is 1.67. The Labute approximate surface area is 105 Å². The molecule has 2 aromatic heterocycles. The number of hydrogen-bond donors (Lipinski definition) is 1. The molecule has 17 heavy (non-hydrogen) atoms. The first-order valence-corrected chi connectivity index (χ1v) is 6.60. The van der Waals surface area contributed by atoms with E-state index in [0.717, 1.165) is 40.4 Å². The summed E-state index contributed by atoms with van der Waals surface area (Å²) in [5.41, 5.74) is 1.03. The number of rotatable bonds is 4. The minimum atomic E-state index is 0.829. The van der Waals surface area contributed by atoms with Crippen molar-refractivity contribution in [2.24, 2.45) is 0 Å². The quantitative estimate of drug-likeness (QED) is 0.907. The second kappa shape index (κ2) is 4.83. The van der Waals surface area contributed by atoms with Gasteiger partial charge in [-0.05, 0) is 27.7 Å². The number of hydrogen-bond acceptors (Lipinski definition) is 5. The lowest BCUT2D eigenvalue weighted by Crippen LogP contribution is -2.06. The molecule has 92 valence electrons. The van der Waals surface area contributed by atoms with Gasteiger partial charge in [0.1, 0.15) is 0 Å². The van der Waals surface area contributed by atoms with Crippen LogP contribution < -0.4 is 5.32 Å². The Morgan fingerprint density at radius 1 is 1.24 bits per heavy atom. The largest absolute Gasteiger partial charge is 0.355 e. The number of nitrogens with one attached hydrogen (secondary N) is 1. The van der Waals surface area contributed by atoms with Crippen LogP contribution in [0.4, 0.5) is 5.95 Å². The van der Waals surface area contributed by atoms with E-state index in [0.29, 0.717) is 0 Å². The fourth-order valence-electron chi connectivity index (χ4n) is 1.80. The molecule has 2 heterocycles. The first kappa shape index (κ1) is 12.0. The Bertz CT molecular complexity index is 514. The predicted molar refractivity (Wildman–Crippen MR) is 70.4 cm³/mol. The van der Waals surface area contributed by atoms with Crippen LogP contribution in [0.15, 0.2) is 0 Å². The number of anilines is 1. The first-order valence-electron chi connectivity index (χ1n) is 5.78. The molecule has 6 heteroatoms. The van der Waals surface area contributed by atoms with E-state index < -0.39 is 0 Å². The van der Waals surface area contributed by atoms with Crippen molar-refractivity contribution in [1.82, 2.24) is 19.7 Å². The average molecular weight is 251 g/mol. The second-order valence-electron chi connectivity index (χ2n) is 3.77. The van der Waals surface area contributed by atoms with Crippen LogP contribution in [0.3, 0.4) is 0 Å². The van der Waals surface area contributed by atoms with Crippen molar-refractivity contribution < 1.29 is 0 Å². The summed E-state index contributed by atoms with van der Waals surface area (Å²) in [7, 11) is 0. The fourth-order valence-corrected chi connectivity index (χ4v) is 2.71. The van der Waals surface area contributed by atoms with Crippen LogP contribution in [0, 0.1) is 13.8 Å². The van der Waals surface area contributed by atoms with E-state index in [9.17, 15) is 0 Å². The van der Waals surface area contributed by atoms with Gasteiger partial charge < -0.3 is 5.32 Å². The molecule has 2 aromatic rings. The van der Waals surface area contributed by atoms with Crippen molar-refractivity contribution in [2.75, 3.05) is 11.9 Å². The molecule has 2 rings (SSSR count). The lowest BCUT2D eigenvalue weighted by atomic mass is 10.3. The Morgan fingerprint density at radius 3 is 2.53 bits per heavy atom. The van der Waals surface area contributed by atoms with E-state index in [1.165, 1.54) is 0 Å². The molecule has 0 aliphatic heterocycles. The topological polar surface area (TPSA) is 55.6 Å². The molecular weight excluding hydrogens is 234 g/mol. The molecule has 1 N–H and O–H groups in total. The third kappa shape index (κ3) is 2.17. The maximum atomic E-state index is 4.44. The van der Waals surface area contributed by atoms with E-state index in [-0.39, 0.29) is 0 Å². The number of nitrogens with zero attached hydrogens (tertiary/aromatic N) is 4. The standard InChI is InChI=1S/C11H17N5S/c1-5-12-11-15-14-10(16(11)6-2)9-7(3)13-8(4)17-9/h5-6H2,1-4H3,(H,12,15). The second-order valence-corrected chi connectivity index (χ2v) is 4.97. The normalized spacial score (nSPS) is 10.8. The maximum Gasteiger partial charge on any atom is 0.224 e. The van der Waals surface area contributed by atoms with Crippen molar-refractivity contribution in [3.8, 4) is 10.7 Å². The molecule has 5 nitrogen and oxygen atoms in total. The Kier molecular flexibility index (Phi) is 3.42. The molecule has 0 aliphatic rings. The highest BCUT2D eigenvalue weighted by Gasteiger charge is 2.16. The minimum absolute atomic E-state index is 0.829. The number of aryl methyl sites for hydroxylation is 2. The number of thiazole rings is 1. The van der Waals surface area contributed by atoms with Gasteiger partial charge in [0.25, 0.3) is 0 Å². The zero-order valence-electron chi connectivity index (χ0n) is 10.6. The molecule has 0 aliphatic carbocycles. The highest BCUT2D eigenvalue weighted by molar-refractivity contribution is 7.15. The zero-order chi connectivity index (χ0) is 12.4. The summed E-state index contributed by atoms with van der Waals surface area (Å²) in [4.78, 5) is 5.55. The molecule has 0 unspecified atom stereocenters. The van der Waals surface area contributed by atoms with Crippen LogP contribution in [0.1, 0.15) is 24.5 Å². The van der Waals surface area contributed by atoms with Gasteiger partial charge in [0, 0.05) is 13.1 Å². The van der Waals surface area contributed by atoms with Crippen LogP contribution in [0.5, 0.6) is 0 Å². The molecular formula is C11H17N5S. The highest BCUT2D eigenvalue weighted by atomic mass is 32.1. The summed E-state index contributed by atoms with van der Waals surface area (Å²) in [6, 6.07) is 0. The van der Waals surface area contributed by atoms with Crippen molar-refractivity contribution in [3.63, 3.8) is 0 Å². The van der Waals surface area contributed by atoms with Gasteiger partial charge in [-0.15, -0.1) is 21.5 Å². The van der Waals surface area contributed by atoms with Gasteiger partial charge in [0.15, 0.2) is 5.82 Å². The van der Waals surface area contributed by atoms with Crippen LogP contribution in [-0.2, 0) is 6.54 Å². The van der Waals surface area contributed by atoms with Crippen molar-refractivity contribution in [2.45, 2.75) is 34.2 Å². The van der Waals surface area contributed by atoms with E-state index in [4.69, 9.17) is 0 Å². The molecule has 0 saturated carbocycles. The monoisotopic (exact) mass is 251 g/mol. The van der Waals surface area contributed by atoms with Gasteiger partial charge in [-0.1, -0.05) is 0 Å². The smallest absolute Gasteiger partial charge is 0.224 e. The maximum absolute atomic E-state index is 4.44. The van der Waals surface area contributed by atoms with Gasteiger partial charge in [-0.25, -0.2) is 4.98 Å². The van der Waals surface area contributed by atoms with Crippen LogP contribution in [-0.4, -0.2) is 26.3 Å². The fraction of sp³-hybridized carbons (Fsp3) is 0.545. The third-order valence-electron chi connectivity index (χ3n) is 2.51. The SMILES string of the molecule is CCNc1nnc(-c2sc(C)nc2C)n1CC. The molecule has 0 bridgehead atoms. The molecule has 0 spiro atoms. The first-order chi connectivity index (χ1) is 8.17. The van der Waals surface area contributed by atoms with Gasteiger partial charge in [-0.3, -0.25) is 4.57 Å². The van der Waals surface area contributed by atoms with Gasteiger partial charge in [0.2, 0.25) is 5.95 Å². The molecule has 0 radical (unpaired) electrons. The third-order valence-corrected chi connectivity index (χ3v) is 3.58. The van der Waals surface area contributed by atoms with E-state index in [1.54, 1.807) is 11.3 Å². The molecule has 0 atom stereocenters. The van der Waals surface area contributed by atoms with Gasteiger partial charge in [-0.2, -0.15) is 0 Å². The van der Waals surface area contributed by atoms with E-state index in [2.05, 4.69) is 38.9 Å². The molecule has 0 fully saturated rings. The zero-order valence-corrected chi connectivity index (χ0v) is 11.4. The van der Waals surface area contributed by atoms with Gasteiger partial charge >= 0.3 is 0 Å². The molecule has 0 saturated heterocycles. The number of aromatic nitrogens is 4. The molecule has 0 amide bonds. The van der Waals surface area contributed by atoms with Crippen molar-refractivity contribution in [3.05, 3.63) is 10.7 Å². The summed E-state index contributed by atoms with van der Waals surface area (Å²) in [6.45, 7) is 9.87. The van der Waals surface area contributed by atoms with E-state index in [1.807, 2.05) is 13.8 Å². The summed E-state index contributed by atoms with van der Waals surface area (Å²) < 4.78 is 2.09. The highest BCUT2D eigenvalue weighted by Crippen LogP contribution is 2.29. The Balaban J connectivity index is 2.48. The summed E-state index contributed by atoms with van der Waals surface area (Å²) in [6.07, 6.45) is 0. The lowest BCUT2D eigenvalue weighted by molar-refractivity contribution is 0.771. The predicted octanol–water partition coefficient (Wildman–Crippen LogP) is 2.47. The molecule has 0 aromatic carbocycles.